The number of hydrazine groups is 2. The summed E-state index contributed by atoms with van der Waals surface area (Å²) in [6.07, 6.45) is 2.38. The van der Waals surface area contributed by atoms with Crippen molar-refractivity contribution in [3.63, 3.8) is 0 Å². The van der Waals surface area contributed by atoms with E-state index in [-0.39, 0.29) is 0 Å². The van der Waals surface area contributed by atoms with Crippen molar-refractivity contribution in [2.24, 2.45) is 5.10 Å². The van der Waals surface area contributed by atoms with Gasteiger partial charge in [0.25, 0.3) is 0 Å². The minimum absolute atomic E-state index is 0.463. The third-order valence-electron chi connectivity index (χ3n) is 5.74. The van der Waals surface area contributed by atoms with Gasteiger partial charge in [0.2, 0.25) is 5.89 Å². The lowest BCUT2D eigenvalue weighted by molar-refractivity contribution is 0.375. The van der Waals surface area contributed by atoms with Crippen LogP contribution in [-0.4, -0.2) is 22.9 Å². The van der Waals surface area contributed by atoms with Crippen LogP contribution in [0.2, 0.25) is 0 Å². The summed E-state index contributed by atoms with van der Waals surface area (Å²) in [6.45, 7) is 4.10. The fourth-order valence-corrected chi connectivity index (χ4v) is 4.25. The van der Waals surface area contributed by atoms with Crippen LogP contribution in [0.5, 0.6) is 5.75 Å². The highest BCUT2D eigenvalue weighted by atomic mass is 16.5. The molecule has 1 aliphatic heterocycles. The molecule has 1 aliphatic rings. The molecule has 4 aromatic rings. The first-order chi connectivity index (χ1) is 15.0. The first-order valence-corrected chi connectivity index (χ1v) is 9.82. The quantitative estimate of drug-likeness (QED) is 0.395. The first kappa shape index (κ1) is 19.0. The van der Waals surface area contributed by atoms with E-state index in [0.717, 1.165) is 27.8 Å². The van der Waals surface area contributed by atoms with Crippen LogP contribution < -0.4 is 21.2 Å². The van der Waals surface area contributed by atoms with Crippen molar-refractivity contribution in [3.05, 3.63) is 59.1 Å². The fraction of sp³-hybridized carbons (Fsp3) is 0.227. The highest BCUT2D eigenvalue weighted by molar-refractivity contribution is 5.92. The number of hydrazone groups is 1. The standard InChI is InChI=1S/C22H21N7O2/c1-12-8-17(30-3)19(14-6-7-24-20(12)14)22(2,10-18-26-28-29-27-18)21-25-15-9-13(11-23)4-5-16(15)31-21/h4-9,24,28-29H,10H2,1-3H3,(H,26,27). The molecule has 0 aliphatic carbocycles. The molecule has 2 aromatic heterocycles. The molecule has 9 nitrogen and oxygen atoms in total. The average molecular weight is 415 g/mol. The van der Waals surface area contributed by atoms with Crippen molar-refractivity contribution in [1.29, 1.82) is 5.26 Å². The van der Waals surface area contributed by atoms with Crippen molar-refractivity contribution < 1.29 is 9.15 Å². The molecule has 1 unspecified atom stereocenters. The zero-order valence-corrected chi connectivity index (χ0v) is 17.3. The van der Waals surface area contributed by atoms with Gasteiger partial charge in [-0.3, -0.25) is 5.43 Å². The van der Waals surface area contributed by atoms with E-state index in [1.807, 2.05) is 25.3 Å². The smallest absolute Gasteiger partial charge is 0.206 e. The maximum absolute atomic E-state index is 9.25. The Hall–Kier alpha value is -4.03. The average Bonchev–Trinajstić information content (AvgIpc) is 3.53. The first-order valence-electron chi connectivity index (χ1n) is 9.82. The summed E-state index contributed by atoms with van der Waals surface area (Å²) in [5.74, 6) is 1.96. The Morgan fingerprint density at radius 3 is 2.87 bits per heavy atom. The van der Waals surface area contributed by atoms with Crippen molar-refractivity contribution >= 4 is 27.8 Å². The molecule has 0 radical (unpaired) electrons. The van der Waals surface area contributed by atoms with E-state index in [4.69, 9.17) is 14.1 Å². The zero-order valence-electron chi connectivity index (χ0n) is 17.3. The summed E-state index contributed by atoms with van der Waals surface area (Å²) < 4.78 is 12.1. The molecule has 0 spiro atoms. The summed E-state index contributed by atoms with van der Waals surface area (Å²) in [4.78, 5) is 8.12. The molecular formula is C22H21N7O2. The Balaban J connectivity index is 1.79. The second kappa shape index (κ2) is 7.04. The largest absolute Gasteiger partial charge is 0.496 e. The van der Waals surface area contributed by atoms with Gasteiger partial charge in [-0.25, -0.2) is 10.5 Å². The summed E-state index contributed by atoms with van der Waals surface area (Å²) in [6, 6.07) is 11.4. The number of rotatable bonds is 5. The van der Waals surface area contributed by atoms with Crippen LogP contribution in [0.3, 0.4) is 0 Å². The van der Waals surface area contributed by atoms with Gasteiger partial charge in [-0.05, 0) is 49.7 Å². The van der Waals surface area contributed by atoms with Gasteiger partial charge in [-0.2, -0.15) is 5.26 Å². The number of hydrogen-bond acceptors (Lipinski definition) is 8. The minimum atomic E-state index is -0.731. The van der Waals surface area contributed by atoms with E-state index >= 15 is 0 Å². The third kappa shape index (κ3) is 2.96. The number of hydrogen-bond donors (Lipinski definition) is 4. The van der Waals surface area contributed by atoms with Crippen LogP contribution >= 0.6 is 0 Å². The number of aromatic amines is 1. The molecule has 0 fully saturated rings. The number of amidine groups is 1. The number of H-pyrrole nitrogens is 1. The maximum Gasteiger partial charge on any atom is 0.206 e. The van der Waals surface area contributed by atoms with E-state index in [9.17, 15) is 5.26 Å². The Kier molecular flexibility index (Phi) is 4.30. The summed E-state index contributed by atoms with van der Waals surface area (Å²) in [7, 11) is 1.66. The predicted molar refractivity (Wildman–Crippen MR) is 116 cm³/mol. The molecule has 2 aromatic carbocycles. The van der Waals surface area contributed by atoms with E-state index in [2.05, 4.69) is 39.6 Å². The van der Waals surface area contributed by atoms with Crippen LogP contribution in [0, 0.1) is 18.3 Å². The van der Waals surface area contributed by atoms with Crippen molar-refractivity contribution in [3.8, 4) is 11.8 Å². The third-order valence-corrected chi connectivity index (χ3v) is 5.74. The number of aromatic nitrogens is 2. The van der Waals surface area contributed by atoms with Crippen molar-refractivity contribution in [2.75, 3.05) is 7.11 Å². The van der Waals surface area contributed by atoms with Crippen LogP contribution in [0.25, 0.3) is 22.0 Å². The molecule has 4 N–H and O–H groups in total. The molecule has 156 valence electrons. The molecule has 0 amide bonds. The monoisotopic (exact) mass is 415 g/mol. The Morgan fingerprint density at radius 1 is 1.26 bits per heavy atom. The summed E-state index contributed by atoms with van der Waals surface area (Å²) in [5, 5.41) is 14.6. The SMILES string of the molecule is COc1cc(C)c2[nH]ccc2c1C(C)(CC1=NNNN1)c1nc2cc(C#N)ccc2o1. The van der Waals surface area contributed by atoms with Crippen LogP contribution in [-0.2, 0) is 5.41 Å². The number of nitrogens with one attached hydrogen (secondary N) is 4. The molecule has 0 bridgehead atoms. The van der Waals surface area contributed by atoms with Gasteiger partial charge in [-0.15, -0.1) is 10.6 Å². The highest BCUT2D eigenvalue weighted by Gasteiger charge is 2.41. The second-order valence-corrected chi connectivity index (χ2v) is 7.78. The normalized spacial score (nSPS) is 15.2. The zero-order chi connectivity index (χ0) is 21.6. The molecule has 5 rings (SSSR count). The van der Waals surface area contributed by atoms with Gasteiger partial charge in [0.15, 0.2) is 5.58 Å². The fourth-order valence-electron chi connectivity index (χ4n) is 4.25. The minimum Gasteiger partial charge on any atom is -0.496 e. The molecule has 1 atom stereocenters. The number of ether oxygens (including phenoxy) is 1. The molecule has 0 saturated carbocycles. The lowest BCUT2D eigenvalue weighted by Crippen LogP contribution is -2.38. The molecule has 0 saturated heterocycles. The maximum atomic E-state index is 9.25. The van der Waals surface area contributed by atoms with Crippen LogP contribution in [0.15, 0.2) is 46.0 Å². The Morgan fingerprint density at radius 2 is 2.13 bits per heavy atom. The number of nitriles is 1. The number of benzene rings is 2. The molecule has 3 heterocycles. The van der Waals surface area contributed by atoms with Gasteiger partial charge in [0.05, 0.1) is 24.2 Å². The number of nitrogens with zero attached hydrogens (tertiary/aromatic N) is 3. The summed E-state index contributed by atoms with van der Waals surface area (Å²) >= 11 is 0. The van der Waals surface area contributed by atoms with Crippen molar-refractivity contribution in [1.82, 2.24) is 26.5 Å². The van der Waals surface area contributed by atoms with Gasteiger partial charge in [0.1, 0.15) is 17.1 Å². The Labute approximate surface area is 178 Å². The predicted octanol–water partition coefficient (Wildman–Crippen LogP) is 3.12. The second-order valence-electron chi connectivity index (χ2n) is 7.78. The van der Waals surface area contributed by atoms with Crippen LogP contribution in [0.4, 0.5) is 0 Å². The van der Waals surface area contributed by atoms with Crippen LogP contribution in [0.1, 0.15) is 35.9 Å². The topological polar surface area (TPSA) is 123 Å². The van der Waals surface area contributed by atoms with Crippen molar-refractivity contribution in [2.45, 2.75) is 25.7 Å². The van der Waals surface area contributed by atoms with Gasteiger partial charge in [-0.1, -0.05) is 0 Å². The molecule has 9 heteroatoms. The molecular weight excluding hydrogens is 394 g/mol. The lowest BCUT2D eigenvalue weighted by Gasteiger charge is -2.29. The van der Waals surface area contributed by atoms with Gasteiger partial charge in [0, 0.05) is 29.1 Å². The highest BCUT2D eigenvalue weighted by Crippen LogP contribution is 2.45. The number of fused-ring (bicyclic) bond motifs is 2. The van der Waals surface area contributed by atoms with E-state index in [1.165, 1.54) is 0 Å². The van der Waals surface area contributed by atoms with E-state index < -0.39 is 5.41 Å². The number of aryl methyl sites for hydroxylation is 1. The summed E-state index contributed by atoms with van der Waals surface area (Å²) in [5.41, 5.74) is 12.6. The number of oxazole rings is 1. The Bertz CT molecular complexity index is 1380. The number of methoxy groups -OCH3 is 1. The van der Waals surface area contributed by atoms with Gasteiger partial charge >= 0.3 is 0 Å². The lowest BCUT2D eigenvalue weighted by atomic mass is 9.76. The molecule has 31 heavy (non-hydrogen) atoms. The van der Waals surface area contributed by atoms with E-state index in [0.29, 0.717) is 34.8 Å². The van der Waals surface area contributed by atoms with Gasteiger partial charge < -0.3 is 14.1 Å². The van der Waals surface area contributed by atoms with E-state index in [1.54, 1.807) is 25.3 Å².